The van der Waals surface area contributed by atoms with Gasteiger partial charge >= 0.3 is 0 Å². The Labute approximate surface area is 162 Å². The smallest absolute Gasteiger partial charge is 0.266 e. The highest BCUT2D eigenvalue weighted by molar-refractivity contribution is 7.82. The minimum absolute atomic E-state index is 0.134. The molecule has 2 unspecified atom stereocenters. The lowest BCUT2D eigenvalue weighted by molar-refractivity contribution is -0.137. The van der Waals surface area contributed by atoms with Crippen molar-refractivity contribution in [3.63, 3.8) is 0 Å². The molecule has 150 valence electrons. The van der Waals surface area contributed by atoms with Gasteiger partial charge in [0.2, 0.25) is 17.6 Å². The number of hydrogen-bond acceptors (Lipinski definition) is 6. The van der Waals surface area contributed by atoms with Crippen LogP contribution in [0.25, 0.3) is 11.1 Å². The Morgan fingerprint density at radius 3 is 2.89 bits per heavy atom. The molecule has 0 bridgehead atoms. The first kappa shape index (κ1) is 20.1. The lowest BCUT2D eigenvalue weighted by Gasteiger charge is -2.23. The predicted molar refractivity (Wildman–Crippen MR) is 98.1 cm³/mol. The molecule has 0 radical (unpaired) electrons. The summed E-state index contributed by atoms with van der Waals surface area (Å²) in [6.07, 6.45) is 2.54. The Morgan fingerprint density at radius 2 is 2.14 bits per heavy atom. The van der Waals surface area contributed by atoms with Crippen molar-refractivity contribution < 1.29 is 27.4 Å². The zero-order valence-corrected chi connectivity index (χ0v) is 15.9. The molecule has 1 aliphatic rings. The number of likely N-dealkylation sites (tertiary alicyclic amines) is 1. The van der Waals surface area contributed by atoms with E-state index in [1.807, 2.05) is 0 Å². The first-order chi connectivity index (χ1) is 13.3. The lowest BCUT2D eigenvalue weighted by atomic mass is 10.2. The van der Waals surface area contributed by atoms with Crippen LogP contribution < -0.4 is 10.0 Å². The molecule has 2 amide bonds. The average molecular weight is 410 g/mol. The van der Waals surface area contributed by atoms with Crippen LogP contribution in [0.4, 0.5) is 4.39 Å². The van der Waals surface area contributed by atoms with E-state index < -0.39 is 34.5 Å². The SMILES string of the molecule is CS(=O)NCC(=O)N1CCCC1C(=O)NCC(=O)c1nc2cc(F)ccc2o1. The van der Waals surface area contributed by atoms with Crippen molar-refractivity contribution >= 4 is 39.7 Å². The van der Waals surface area contributed by atoms with Crippen LogP contribution in [0, 0.1) is 5.82 Å². The van der Waals surface area contributed by atoms with Gasteiger partial charge in [0.05, 0.1) is 24.1 Å². The number of aromatic nitrogens is 1. The minimum atomic E-state index is -1.33. The molecule has 1 fully saturated rings. The largest absolute Gasteiger partial charge is 0.434 e. The van der Waals surface area contributed by atoms with Gasteiger partial charge in [0.1, 0.15) is 17.4 Å². The molecule has 1 saturated heterocycles. The molecule has 28 heavy (non-hydrogen) atoms. The minimum Gasteiger partial charge on any atom is -0.434 e. The highest BCUT2D eigenvalue weighted by Gasteiger charge is 2.34. The second kappa shape index (κ2) is 8.57. The summed E-state index contributed by atoms with van der Waals surface area (Å²) in [6.45, 7) is -0.0746. The maximum Gasteiger partial charge on any atom is 0.266 e. The number of halogens is 1. The fourth-order valence-corrected chi connectivity index (χ4v) is 3.31. The van der Waals surface area contributed by atoms with E-state index >= 15 is 0 Å². The van der Waals surface area contributed by atoms with Gasteiger partial charge in [0, 0.05) is 18.9 Å². The Hall–Kier alpha value is -2.66. The molecule has 2 aromatic rings. The molecule has 1 aromatic heterocycles. The van der Waals surface area contributed by atoms with E-state index in [0.29, 0.717) is 19.4 Å². The number of carbonyl (C=O) groups excluding carboxylic acids is 3. The summed E-state index contributed by atoms with van der Waals surface area (Å²) in [5, 5.41) is 2.49. The highest BCUT2D eigenvalue weighted by Crippen LogP contribution is 2.18. The summed E-state index contributed by atoms with van der Waals surface area (Å²) in [5.74, 6) is -2.08. The molecule has 0 spiro atoms. The molecule has 0 aliphatic carbocycles. The first-order valence-electron chi connectivity index (χ1n) is 8.58. The lowest BCUT2D eigenvalue weighted by Crippen LogP contribution is -2.49. The van der Waals surface area contributed by atoms with E-state index in [9.17, 15) is 23.0 Å². The van der Waals surface area contributed by atoms with Gasteiger partial charge in [-0.2, -0.15) is 0 Å². The number of nitrogens with one attached hydrogen (secondary N) is 2. The number of hydrogen-bond donors (Lipinski definition) is 2. The zero-order chi connectivity index (χ0) is 20.3. The molecule has 2 atom stereocenters. The Kier molecular flexibility index (Phi) is 6.15. The van der Waals surface area contributed by atoms with Gasteiger partial charge in [-0.25, -0.2) is 18.3 Å². The Balaban J connectivity index is 1.58. The second-order valence-electron chi connectivity index (χ2n) is 6.29. The van der Waals surface area contributed by atoms with Crippen molar-refractivity contribution in [3.8, 4) is 0 Å². The maximum absolute atomic E-state index is 13.2. The summed E-state index contributed by atoms with van der Waals surface area (Å²) in [5.41, 5.74) is 0.479. The van der Waals surface area contributed by atoms with Crippen LogP contribution in [-0.2, 0) is 20.6 Å². The van der Waals surface area contributed by atoms with Crippen LogP contribution in [0.2, 0.25) is 0 Å². The van der Waals surface area contributed by atoms with Crippen LogP contribution in [0.3, 0.4) is 0 Å². The topological polar surface area (TPSA) is 122 Å². The number of rotatable bonds is 7. The van der Waals surface area contributed by atoms with E-state index in [1.165, 1.54) is 23.3 Å². The average Bonchev–Trinajstić information content (AvgIpc) is 3.30. The van der Waals surface area contributed by atoms with Gasteiger partial charge in [0.15, 0.2) is 5.58 Å². The molecule has 1 aliphatic heterocycles. The van der Waals surface area contributed by atoms with Crippen LogP contribution in [0.5, 0.6) is 0 Å². The second-order valence-corrected chi connectivity index (χ2v) is 7.49. The summed E-state index contributed by atoms with van der Waals surface area (Å²) < 4.78 is 32.0. The molecule has 0 saturated carbocycles. The summed E-state index contributed by atoms with van der Waals surface area (Å²) in [7, 11) is -1.33. The number of benzene rings is 1. The van der Waals surface area contributed by atoms with Crippen LogP contribution in [-0.4, -0.2) is 63.6 Å². The first-order valence-corrected chi connectivity index (χ1v) is 10.1. The van der Waals surface area contributed by atoms with Crippen molar-refractivity contribution in [2.75, 3.05) is 25.9 Å². The van der Waals surface area contributed by atoms with Gasteiger partial charge in [-0.3, -0.25) is 14.4 Å². The Bertz CT molecular complexity index is 947. The Morgan fingerprint density at radius 1 is 1.36 bits per heavy atom. The number of nitrogens with zero attached hydrogens (tertiary/aromatic N) is 2. The molecular formula is C17H19FN4O5S. The standard InChI is InChI=1S/C17H19FN4O5S/c1-28(26)20-9-15(24)22-6-2-3-12(22)16(25)19-8-13(23)17-21-11-7-10(18)4-5-14(11)27-17/h4-5,7,12,20H,2-3,6,8-9H2,1H3,(H,19,25). The van der Waals surface area contributed by atoms with E-state index in [0.717, 1.165) is 6.07 Å². The molecule has 1 aromatic carbocycles. The highest BCUT2D eigenvalue weighted by atomic mass is 32.2. The third-order valence-corrected chi connectivity index (χ3v) is 4.86. The number of oxazole rings is 1. The maximum atomic E-state index is 13.2. The molecule has 2 heterocycles. The van der Waals surface area contributed by atoms with Crippen molar-refractivity contribution in [2.45, 2.75) is 18.9 Å². The van der Waals surface area contributed by atoms with Gasteiger partial charge in [-0.15, -0.1) is 0 Å². The number of carbonyl (C=O) groups is 3. The third kappa shape index (κ3) is 4.60. The molecule has 2 N–H and O–H groups in total. The van der Waals surface area contributed by atoms with Crippen molar-refractivity contribution in [3.05, 3.63) is 29.9 Å². The fourth-order valence-electron chi connectivity index (χ4n) is 2.98. The van der Waals surface area contributed by atoms with E-state index in [4.69, 9.17) is 4.42 Å². The number of Topliss-reactive ketones (excluding diaryl/α,β-unsaturated/α-hetero) is 1. The zero-order valence-electron chi connectivity index (χ0n) is 15.1. The number of fused-ring (bicyclic) bond motifs is 1. The van der Waals surface area contributed by atoms with Gasteiger partial charge in [-0.05, 0) is 25.0 Å². The van der Waals surface area contributed by atoms with Gasteiger partial charge in [-0.1, -0.05) is 0 Å². The van der Waals surface area contributed by atoms with E-state index in [2.05, 4.69) is 15.0 Å². The third-order valence-electron chi connectivity index (χ3n) is 4.31. The quantitative estimate of drug-likeness (QED) is 0.626. The van der Waals surface area contributed by atoms with Crippen LogP contribution in [0.15, 0.2) is 22.6 Å². The predicted octanol–water partition coefficient (Wildman–Crippen LogP) is 0.140. The normalized spacial score (nSPS) is 17.6. The summed E-state index contributed by atoms with van der Waals surface area (Å²) in [4.78, 5) is 42.1. The van der Waals surface area contributed by atoms with E-state index in [-0.39, 0.29) is 36.0 Å². The van der Waals surface area contributed by atoms with Crippen LogP contribution in [0.1, 0.15) is 23.5 Å². The summed E-state index contributed by atoms with van der Waals surface area (Å²) >= 11 is 0. The fraction of sp³-hybridized carbons (Fsp3) is 0.412. The molecule has 3 rings (SSSR count). The van der Waals surface area contributed by atoms with Crippen molar-refractivity contribution in [1.29, 1.82) is 0 Å². The molecule has 11 heteroatoms. The van der Waals surface area contributed by atoms with Crippen molar-refractivity contribution in [2.24, 2.45) is 0 Å². The van der Waals surface area contributed by atoms with Crippen molar-refractivity contribution in [1.82, 2.24) is 19.9 Å². The van der Waals surface area contributed by atoms with E-state index in [1.54, 1.807) is 0 Å². The van der Waals surface area contributed by atoms with Gasteiger partial charge in [0.25, 0.3) is 5.89 Å². The number of ketones is 1. The monoisotopic (exact) mass is 410 g/mol. The van der Waals surface area contributed by atoms with Gasteiger partial charge < -0.3 is 14.6 Å². The van der Waals surface area contributed by atoms with Crippen LogP contribution >= 0.6 is 0 Å². The summed E-state index contributed by atoms with van der Waals surface area (Å²) in [6, 6.07) is 3.02. The number of amides is 2. The molecule has 9 nitrogen and oxygen atoms in total. The molecular weight excluding hydrogens is 391 g/mol.